The highest BCUT2D eigenvalue weighted by molar-refractivity contribution is 7.89. The topological polar surface area (TPSA) is 93.1 Å². The van der Waals surface area contributed by atoms with Crippen molar-refractivity contribution in [3.63, 3.8) is 0 Å². The van der Waals surface area contributed by atoms with Crippen LogP contribution in [0, 0.1) is 20.8 Å². The van der Waals surface area contributed by atoms with Crippen molar-refractivity contribution in [2.24, 2.45) is 7.05 Å². The third-order valence-electron chi connectivity index (χ3n) is 4.79. The van der Waals surface area contributed by atoms with Crippen molar-refractivity contribution in [2.75, 3.05) is 13.7 Å². The van der Waals surface area contributed by atoms with Gasteiger partial charge in [0.2, 0.25) is 10.0 Å². The second-order valence-corrected chi connectivity index (χ2v) is 8.09. The van der Waals surface area contributed by atoms with Crippen LogP contribution in [0.25, 0.3) is 0 Å². The first kappa shape index (κ1) is 17.1. The fourth-order valence-electron chi connectivity index (χ4n) is 3.04. The van der Waals surface area contributed by atoms with Crippen molar-refractivity contribution in [3.05, 3.63) is 29.1 Å². The summed E-state index contributed by atoms with van der Waals surface area (Å²) in [5, 5.41) is 4.07. The molecule has 8 nitrogen and oxygen atoms in total. The maximum absolute atomic E-state index is 13.2. The van der Waals surface area contributed by atoms with Crippen molar-refractivity contribution in [3.8, 4) is 0 Å². The zero-order chi connectivity index (χ0) is 17.6. The number of rotatable bonds is 4. The van der Waals surface area contributed by atoms with Crippen molar-refractivity contribution in [2.45, 2.75) is 44.2 Å². The van der Waals surface area contributed by atoms with Crippen LogP contribution >= 0.6 is 0 Å². The Labute approximate surface area is 141 Å². The summed E-state index contributed by atoms with van der Waals surface area (Å²) in [7, 11) is -0.350. The molecule has 0 saturated carbocycles. The Bertz CT molecular complexity index is 835. The SMILES string of the molecule is CO[C@@H]1C[C@@H](c2nc(C)c(C)[nH]2)N(S(=O)(=O)c2cnn(C)c2C)C1. The zero-order valence-electron chi connectivity index (χ0n) is 14.6. The van der Waals surface area contributed by atoms with Crippen LogP contribution in [0.2, 0.25) is 0 Å². The minimum Gasteiger partial charge on any atom is -0.380 e. The molecule has 0 unspecified atom stereocenters. The highest BCUT2D eigenvalue weighted by Crippen LogP contribution is 2.37. The fraction of sp³-hybridized carbons (Fsp3) is 0.600. The Morgan fingerprint density at radius 1 is 1.33 bits per heavy atom. The number of sulfonamides is 1. The summed E-state index contributed by atoms with van der Waals surface area (Å²) < 4.78 is 34.8. The average molecular weight is 353 g/mol. The number of nitrogens with one attached hydrogen (secondary N) is 1. The quantitative estimate of drug-likeness (QED) is 0.892. The molecule has 2 aromatic rings. The molecule has 0 radical (unpaired) electrons. The first-order valence-electron chi connectivity index (χ1n) is 7.82. The standard InChI is InChI=1S/C15H23N5O3S/c1-9-10(2)18-15(17-9)13-6-12(23-5)8-20(13)24(21,22)14-7-16-19(4)11(14)3/h7,12-13H,6,8H2,1-5H3,(H,17,18)/t12-,13+/m1/s1. The largest absolute Gasteiger partial charge is 0.380 e. The summed E-state index contributed by atoms with van der Waals surface area (Å²) in [5.74, 6) is 0.662. The molecule has 24 heavy (non-hydrogen) atoms. The molecule has 3 heterocycles. The molecule has 0 spiro atoms. The van der Waals surface area contributed by atoms with Crippen molar-refractivity contribution >= 4 is 10.0 Å². The highest BCUT2D eigenvalue weighted by atomic mass is 32.2. The van der Waals surface area contributed by atoms with Gasteiger partial charge in [-0.05, 0) is 27.2 Å². The number of aromatic amines is 1. The second kappa shape index (κ2) is 5.98. The summed E-state index contributed by atoms with van der Waals surface area (Å²) in [5.41, 5.74) is 2.43. The lowest BCUT2D eigenvalue weighted by molar-refractivity contribution is 0.114. The molecule has 1 aliphatic rings. The summed E-state index contributed by atoms with van der Waals surface area (Å²) in [6, 6.07) is -0.369. The van der Waals surface area contributed by atoms with Gasteiger partial charge in [-0.25, -0.2) is 13.4 Å². The summed E-state index contributed by atoms with van der Waals surface area (Å²) in [6.07, 6.45) is 1.81. The van der Waals surface area contributed by atoms with E-state index in [1.807, 2.05) is 13.8 Å². The number of hydrogen-bond acceptors (Lipinski definition) is 5. The lowest BCUT2D eigenvalue weighted by Gasteiger charge is -2.22. The highest BCUT2D eigenvalue weighted by Gasteiger charge is 2.43. The molecule has 2 atom stereocenters. The lowest BCUT2D eigenvalue weighted by atomic mass is 10.2. The number of nitrogens with zero attached hydrogens (tertiary/aromatic N) is 4. The van der Waals surface area contributed by atoms with Crippen LogP contribution in [-0.2, 0) is 21.8 Å². The molecule has 1 fully saturated rings. The molecule has 3 rings (SSSR count). The van der Waals surface area contributed by atoms with Gasteiger partial charge in [0.05, 0.1) is 29.7 Å². The predicted octanol–water partition coefficient (Wildman–Crippen LogP) is 1.22. The normalized spacial score (nSPS) is 22.4. The van der Waals surface area contributed by atoms with E-state index in [1.54, 1.807) is 25.8 Å². The van der Waals surface area contributed by atoms with Gasteiger partial charge in [0.1, 0.15) is 10.7 Å². The number of hydrogen-bond donors (Lipinski definition) is 1. The molecule has 132 valence electrons. The van der Waals surface area contributed by atoms with Crippen LogP contribution in [0.1, 0.15) is 35.4 Å². The predicted molar refractivity (Wildman–Crippen MR) is 88.1 cm³/mol. The Balaban J connectivity index is 2.04. The molecular formula is C15H23N5O3S. The molecule has 2 aromatic heterocycles. The van der Waals surface area contributed by atoms with Crippen molar-refractivity contribution in [1.82, 2.24) is 24.1 Å². The van der Waals surface area contributed by atoms with Gasteiger partial charge >= 0.3 is 0 Å². The summed E-state index contributed by atoms with van der Waals surface area (Å²) in [6.45, 7) is 5.89. The van der Waals surface area contributed by atoms with Gasteiger partial charge in [0.15, 0.2) is 0 Å². The molecule has 1 saturated heterocycles. The minimum atomic E-state index is -3.68. The number of ether oxygens (including phenoxy) is 1. The van der Waals surface area contributed by atoms with E-state index in [-0.39, 0.29) is 17.0 Å². The third kappa shape index (κ3) is 2.66. The van der Waals surface area contributed by atoms with Crippen LogP contribution in [0.4, 0.5) is 0 Å². The fourth-order valence-corrected chi connectivity index (χ4v) is 4.87. The van der Waals surface area contributed by atoms with Gasteiger partial charge in [0.25, 0.3) is 0 Å². The van der Waals surface area contributed by atoms with Gasteiger partial charge in [-0.2, -0.15) is 9.40 Å². The maximum Gasteiger partial charge on any atom is 0.247 e. The zero-order valence-corrected chi connectivity index (χ0v) is 15.4. The van der Waals surface area contributed by atoms with E-state index in [0.717, 1.165) is 11.4 Å². The van der Waals surface area contributed by atoms with Crippen molar-refractivity contribution in [1.29, 1.82) is 0 Å². The van der Waals surface area contributed by atoms with Gasteiger partial charge < -0.3 is 9.72 Å². The molecule has 0 aliphatic carbocycles. The molecular weight excluding hydrogens is 330 g/mol. The van der Waals surface area contributed by atoms with E-state index in [2.05, 4.69) is 15.1 Å². The summed E-state index contributed by atoms with van der Waals surface area (Å²) in [4.78, 5) is 7.95. The first-order chi connectivity index (χ1) is 11.3. The molecule has 9 heteroatoms. The van der Waals surface area contributed by atoms with Gasteiger partial charge in [-0.3, -0.25) is 4.68 Å². The molecule has 0 aromatic carbocycles. The number of H-pyrrole nitrogens is 1. The minimum absolute atomic E-state index is 0.160. The van der Waals surface area contributed by atoms with Crippen molar-refractivity contribution < 1.29 is 13.2 Å². The monoisotopic (exact) mass is 353 g/mol. The van der Waals surface area contributed by atoms with Gasteiger partial charge in [-0.1, -0.05) is 0 Å². The van der Waals surface area contributed by atoms with E-state index in [0.29, 0.717) is 24.5 Å². The number of aromatic nitrogens is 4. The molecule has 1 N–H and O–H groups in total. The van der Waals surface area contributed by atoms with E-state index < -0.39 is 10.0 Å². The van der Waals surface area contributed by atoms with Crippen LogP contribution in [0.3, 0.4) is 0 Å². The Hall–Kier alpha value is -1.71. The number of imidazole rings is 1. The van der Waals surface area contributed by atoms with Crippen LogP contribution in [0.15, 0.2) is 11.1 Å². The molecule has 0 bridgehead atoms. The van der Waals surface area contributed by atoms with Crippen LogP contribution in [-0.4, -0.2) is 52.2 Å². The third-order valence-corrected chi connectivity index (χ3v) is 6.77. The van der Waals surface area contributed by atoms with E-state index in [4.69, 9.17) is 4.74 Å². The number of methoxy groups -OCH3 is 1. The van der Waals surface area contributed by atoms with Gasteiger partial charge in [-0.15, -0.1) is 0 Å². The second-order valence-electron chi connectivity index (χ2n) is 6.23. The number of aryl methyl sites for hydroxylation is 3. The van der Waals surface area contributed by atoms with E-state index in [9.17, 15) is 8.42 Å². The first-order valence-corrected chi connectivity index (χ1v) is 9.26. The lowest BCUT2D eigenvalue weighted by Crippen LogP contribution is -2.32. The van der Waals surface area contributed by atoms with Gasteiger partial charge in [0, 0.05) is 26.4 Å². The smallest absolute Gasteiger partial charge is 0.247 e. The maximum atomic E-state index is 13.2. The van der Waals surface area contributed by atoms with Crippen LogP contribution in [0.5, 0.6) is 0 Å². The Kier molecular flexibility index (Phi) is 4.27. The van der Waals surface area contributed by atoms with E-state index in [1.165, 1.54) is 10.5 Å². The Morgan fingerprint density at radius 2 is 2.04 bits per heavy atom. The van der Waals surface area contributed by atoms with Crippen LogP contribution < -0.4 is 0 Å². The van der Waals surface area contributed by atoms with E-state index >= 15 is 0 Å². The molecule has 1 aliphatic heterocycles. The average Bonchev–Trinajstić information content (AvgIpc) is 3.19. The molecule has 0 amide bonds. The Morgan fingerprint density at radius 3 is 2.54 bits per heavy atom. The summed E-state index contributed by atoms with van der Waals surface area (Å²) >= 11 is 0.